The standard InChI is InChI=1S/C19H23O3.3CH3.Sn/c1-2-16-11-12-19(21-16)18-10-6-9-17(22-18)14-20-13-15-7-4-3-5-8-15;;;;/h3-8,10,16-19H,1,9,11-14H2;3*1H3;/t16-,17+,18-,19+;;;;/m1..../s1. The molecule has 0 aliphatic carbocycles. The van der Waals surface area contributed by atoms with E-state index in [1.807, 2.05) is 18.2 Å². The van der Waals surface area contributed by atoms with Gasteiger partial charge in [0.1, 0.15) is 0 Å². The maximum absolute atomic E-state index is 6.35. The molecule has 2 aliphatic rings. The van der Waals surface area contributed by atoms with Crippen molar-refractivity contribution < 1.29 is 14.2 Å². The van der Waals surface area contributed by atoms with Gasteiger partial charge in [-0.1, -0.05) is 18.2 Å². The van der Waals surface area contributed by atoms with Crippen molar-refractivity contribution in [3.8, 4) is 0 Å². The van der Waals surface area contributed by atoms with Gasteiger partial charge < -0.3 is 0 Å². The van der Waals surface area contributed by atoms with E-state index in [9.17, 15) is 0 Å². The molecule has 1 saturated heterocycles. The fourth-order valence-corrected chi connectivity index (χ4v) is 6.90. The summed E-state index contributed by atoms with van der Waals surface area (Å²) in [6.07, 6.45) is 7.98. The van der Waals surface area contributed by atoms with Gasteiger partial charge in [0.25, 0.3) is 0 Å². The van der Waals surface area contributed by atoms with Gasteiger partial charge in [-0.25, -0.2) is 0 Å². The van der Waals surface area contributed by atoms with E-state index < -0.39 is 18.4 Å². The van der Waals surface area contributed by atoms with Gasteiger partial charge in [-0.3, -0.25) is 0 Å². The summed E-state index contributed by atoms with van der Waals surface area (Å²) in [6.45, 7) is 5.62. The molecule has 0 unspecified atom stereocenters. The summed E-state index contributed by atoms with van der Waals surface area (Å²) in [5, 5.41) is 0. The Bertz CT molecular complexity index is 620. The molecule has 1 aromatic carbocycles. The van der Waals surface area contributed by atoms with E-state index in [1.165, 1.54) is 9.15 Å². The molecule has 4 heteroatoms. The molecule has 3 rings (SSSR count). The van der Waals surface area contributed by atoms with Gasteiger partial charge in [0, 0.05) is 0 Å². The van der Waals surface area contributed by atoms with Crippen LogP contribution in [0.5, 0.6) is 0 Å². The quantitative estimate of drug-likeness (QED) is 0.426. The van der Waals surface area contributed by atoms with Crippen LogP contribution in [0.2, 0.25) is 14.8 Å². The van der Waals surface area contributed by atoms with Crippen molar-refractivity contribution in [2.24, 2.45) is 0 Å². The third-order valence-corrected chi connectivity index (χ3v) is 11.7. The first-order valence-electron chi connectivity index (χ1n) is 9.72. The Labute approximate surface area is 162 Å². The zero-order valence-corrected chi connectivity index (χ0v) is 19.2. The van der Waals surface area contributed by atoms with Crippen molar-refractivity contribution in [2.75, 3.05) is 6.61 Å². The molecule has 0 spiro atoms. The molecule has 26 heavy (non-hydrogen) atoms. The van der Waals surface area contributed by atoms with Crippen molar-refractivity contribution in [3.63, 3.8) is 0 Å². The molecule has 2 heterocycles. The third-order valence-electron chi connectivity index (χ3n) is 5.26. The van der Waals surface area contributed by atoms with Crippen LogP contribution in [0.4, 0.5) is 0 Å². The van der Waals surface area contributed by atoms with Crippen LogP contribution in [-0.2, 0) is 20.8 Å². The molecule has 0 aromatic heterocycles. The zero-order valence-electron chi connectivity index (χ0n) is 16.3. The molecule has 142 valence electrons. The number of hydrogen-bond acceptors (Lipinski definition) is 3. The Kier molecular flexibility index (Phi) is 7.00. The van der Waals surface area contributed by atoms with Crippen molar-refractivity contribution in [1.82, 2.24) is 0 Å². The number of hydrogen-bond donors (Lipinski definition) is 0. The summed E-state index contributed by atoms with van der Waals surface area (Å²) in [4.78, 5) is 7.22. The van der Waals surface area contributed by atoms with Crippen LogP contribution in [-0.4, -0.2) is 49.4 Å². The first-order valence-corrected chi connectivity index (χ1v) is 19.7. The van der Waals surface area contributed by atoms with Crippen molar-refractivity contribution in [2.45, 2.75) is 65.1 Å². The summed E-state index contributed by atoms with van der Waals surface area (Å²) in [5.74, 6) is 0. The van der Waals surface area contributed by atoms with Gasteiger partial charge in [-0.2, -0.15) is 0 Å². The van der Waals surface area contributed by atoms with Crippen LogP contribution >= 0.6 is 0 Å². The molecule has 1 fully saturated rings. The van der Waals surface area contributed by atoms with E-state index in [0.717, 1.165) is 19.3 Å². The van der Waals surface area contributed by atoms with Crippen molar-refractivity contribution in [1.29, 1.82) is 0 Å². The number of ether oxygens (including phenoxy) is 3. The number of rotatable bonds is 7. The van der Waals surface area contributed by atoms with Gasteiger partial charge in [0.2, 0.25) is 0 Å². The second-order valence-electron chi connectivity index (χ2n) is 8.40. The first-order chi connectivity index (χ1) is 12.4. The van der Waals surface area contributed by atoms with E-state index in [-0.39, 0.29) is 24.4 Å². The Morgan fingerprint density at radius 1 is 1.15 bits per heavy atom. The van der Waals surface area contributed by atoms with Crippen LogP contribution in [0.25, 0.3) is 0 Å². The second-order valence-corrected chi connectivity index (χ2v) is 23.1. The van der Waals surface area contributed by atoms with E-state index in [0.29, 0.717) is 13.2 Å². The van der Waals surface area contributed by atoms with Crippen LogP contribution in [0.1, 0.15) is 24.8 Å². The van der Waals surface area contributed by atoms with Gasteiger partial charge in [0.15, 0.2) is 0 Å². The van der Waals surface area contributed by atoms with Gasteiger partial charge in [0.05, 0.1) is 0 Å². The second kappa shape index (κ2) is 9.05. The van der Waals surface area contributed by atoms with Gasteiger partial charge >= 0.3 is 144 Å². The molecule has 1 aromatic rings. The summed E-state index contributed by atoms with van der Waals surface area (Å²) >= 11 is -2.11. The monoisotopic (exact) mass is 464 g/mol. The molecular formula is C22H32O3Sn. The summed E-state index contributed by atoms with van der Waals surface area (Å²) in [5.41, 5.74) is 1.20. The molecule has 2 aliphatic heterocycles. The van der Waals surface area contributed by atoms with E-state index >= 15 is 0 Å². The molecule has 4 atom stereocenters. The van der Waals surface area contributed by atoms with E-state index in [1.54, 1.807) is 0 Å². The predicted octanol–water partition coefficient (Wildman–Crippen LogP) is 4.90. The topological polar surface area (TPSA) is 27.7 Å². The molecule has 0 bridgehead atoms. The number of benzene rings is 1. The summed E-state index contributed by atoms with van der Waals surface area (Å²) in [6, 6.07) is 10.3. The average Bonchev–Trinajstić information content (AvgIpc) is 3.11. The Hall–Kier alpha value is -0.621. The van der Waals surface area contributed by atoms with Crippen molar-refractivity contribution in [3.05, 3.63) is 58.2 Å². The normalized spacial score (nSPS) is 29.0. The van der Waals surface area contributed by atoms with Crippen LogP contribution in [0.3, 0.4) is 0 Å². The van der Waals surface area contributed by atoms with Gasteiger partial charge in [-0.05, 0) is 0 Å². The van der Waals surface area contributed by atoms with Crippen LogP contribution in [0, 0.1) is 0 Å². The van der Waals surface area contributed by atoms with Crippen molar-refractivity contribution >= 4 is 18.4 Å². The average molecular weight is 463 g/mol. The van der Waals surface area contributed by atoms with E-state index in [4.69, 9.17) is 14.2 Å². The minimum atomic E-state index is -2.11. The van der Waals surface area contributed by atoms with E-state index in [2.05, 4.69) is 45.7 Å². The van der Waals surface area contributed by atoms with Crippen LogP contribution < -0.4 is 0 Å². The van der Waals surface area contributed by atoms with Gasteiger partial charge in [-0.15, -0.1) is 0 Å². The molecule has 3 nitrogen and oxygen atoms in total. The fraction of sp³-hybridized carbons (Fsp3) is 0.545. The molecular weight excluding hydrogens is 431 g/mol. The summed E-state index contributed by atoms with van der Waals surface area (Å²) in [7, 11) is 0. The zero-order chi connectivity index (χ0) is 18.6. The molecule has 0 amide bonds. The Balaban J connectivity index is 1.46. The Morgan fingerprint density at radius 2 is 1.92 bits per heavy atom. The molecule has 0 radical (unpaired) electrons. The first kappa shape index (κ1) is 20.1. The summed E-state index contributed by atoms with van der Waals surface area (Å²) < 4.78 is 19.9. The third kappa shape index (κ3) is 5.44. The predicted molar refractivity (Wildman–Crippen MR) is 109 cm³/mol. The SMILES string of the molecule is C=[C]([C@@H]1CC[C@@H]([C@H]2C=CC[C@@H](COCc3ccccc3)O2)O1)[Sn]([CH3])([CH3])[CH3]. The molecule has 0 N–H and O–H groups in total. The Morgan fingerprint density at radius 3 is 2.65 bits per heavy atom. The maximum atomic E-state index is 6.35. The minimum absolute atomic E-state index is 0.0436. The fourth-order valence-electron chi connectivity index (χ4n) is 3.53. The molecule has 0 saturated carbocycles. The van der Waals surface area contributed by atoms with Crippen LogP contribution in [0.15, 0.2) is 52.7 Å².